The molecule has 0 fully saturated rings. The molecule has 0 atom stereocenters. The first-order valence-corrected chi connectivity index (χ1v) is 5.47. The van der Waals surface area contributed by atoms with Crippen molar-refractivity contribution in [2.75, 3.05) is 5.32 Å². The number of hydrogen-bond donors (Lipinski definition) is 2. The molecule has 8 nitrogen and oxygen atoms in total. The van der Waals surface area contributed by atoms with E-state index >= 15 is 0 Å². The third-order valence-electron chi connectivity index (χ3n) is 2.31. The van der Waals surface area contributed by atoms with Gasteiger partial charge in [0.15, 0.2) is 0 Å². The highest BCUT2D eigenvalue weighted by atomic mass is 16.4. The highest BCUT2D eigenvalue weighted by Crippen LogP contribution is 2.08. The van der Waals surface area contributed by atoms with Crippen LogP contribution in [0.2, 0.25) is 0 Å². The van der Waals surface area contributed by atoms with Crippen LogP contribution in [0, 0.1) is 0 Å². The zero-order chi connectivity index (χ0) is 13.7. The van der Waals surface area contributed by atoms with Gasteiger partial charge in [0.05, 0.1) is 30.2 Å². The summed E-state index contributed by atoms with van der Waals surface area (Å²) in [5, 5.41) is 18.7. The molecular weight excluding hydrogens is 250 g/mol. The molecule has 0 unspecified atom stereocenters. The van der Waals surface area contributed by atoms with Gasteiger partial charge in [-0.1, -0.05) is 5.21 Å². The number of nitrogens with one attached hydrogen (secondary N) is 1. The first-order valence-electron chi connectivity index (χ1n) is 5.47. The lowest BCUT2D eigenvalue weighted by Crippen LogP contribution is -2.15. The largest absolute Gasteiger partial charge is 0.478 e. The van der Waals surface area contributed by atoms with E-state index in [0.29, 0.717) is 12.2 Å². The molecule has 0 saturated heterocycles. The smallest absolute Gasteiger partial charge is 0.337 e. The van der Waals surface area contributed by atoms with Crippen LogP contribution >= 0.6 is 0 Å². The molecule has 2 aromatic heterocycles. The summed E-state index contributed by atoms with van der Waals surface area (Å²) in [4.78, 5) is 26.1. The van der Waals surface area contributed by atoms with Crippen molar-refractivity contribution in [3.05, 3.63) is 36.4 Å². The molecule has 0 aliphatic carbocycles. The van der Waals surface area contributed by atoms with Crippen molar-refractivity contribution in [1.82, 2.24) is 20.0 Å². The summed E-state index contributed by atoms with van der Waals surface area (Å²) in [7, 11) is 0. The Bertz CT molecular complexity index is 582. The number of nitrogens with zero attached hydrogens (tertiary/aromatic N) is 4. The zero-order valence-electron chi connectivity index (χ0n) is 9.85. The molecule has 0 bridgehead atoms. The lowest BCUT2D eigenvalue weighted by Gasteiger charge is -2.05. The topological polar surface area (TPSA) is 110 Å². The van der Waals surface area contributed by atoms with Crippen molar-refractivity contribution in [3.8, 4) is 0 Å². The number of anilines is 1. The van der Waals surface area contributed by atoms with Crippen LogP contribution in [0.5, 0.6) is 0 Å². The Morgan fingerprint density at radius 2 is 2.21 bits per heavy atom. The molecule has 2 N–H and O–H groups in total. The second-order valence-electron chi connectivity index (χ2n) is 3.73. The second kappa shape index (κ2) is 5.71. The van der Waals surface area contributed by atoms with E-state index in [1.807, 2.05) is 0 Å². The van der Waals surface area contributed by atoms with Gasteiger partial charge in [-0.2, -0.15) is 0 Å². The third-order valence-corrected chi connectivity index (χ3v) is 2.31. The van der Waals surface area contributed by atoms with Crippen LogP contribution in [0.15, 0.2) is 30.9 Å². The lowest BCUT2D eigenvalue weighted by molar-refractivity contribution is -0.116. The molecule has 0 radical (unpaired) electrons. The van der Waals surface area contributed by atoms with Gasteiger partial charge in [0.25, 0.3) is 0 Å². The minimum atomic E-state index is -1.09. The van der Waals surface area contributed by atoms with Gasteiger partial charge >= 0.3 is 5.97 Å². The predicted octanol–water partition coefficient (Wildman–Crippen LogP) is 0.400. The van der Waals surface area contributed by atoms with Crippen molar-refractivity contribution in [2.24, 2.45) is 0 Å². The molecule has 0 aliphatic heterocycles. The standard InChI is InChI=1S/C11H11N5O3/c17-10(1-3-16-4-2-13-15-16)14-9-5-8(11(18)19)6-12-7-9/h2,4-7H,1,3H2,(H,14,17)(H,18,19). The molecule has 98 valence electrons. The number of carbonyl (C=O) groups excluding carboxylic acids is 1. The molecule has 0 spiro atoms. The second-order valence-corrected chi connectivity index (χ2v) is 3.73. The summed E-state index contributed by atoms with van der Waals surface area (Å²) >= 11 is 0. The number of carboxylic acids is 1. The van der Waals surface area contributed by atoms with Crippen molar-refractivity contribution in [2.45, 2.75) is 13.0 Å². The lowest BCUT2D eigenvalue weighted by atomic mass is 10.2. The maximum Gasteiger partial charge on any atom is 0.337 e. The van der Waals surface area contributed by atoms with Gasteiger partial charge in [0.2, 0.25) is 5.91 Å². The number of pyridine rings is 1. The van der Waals surface area contributed by atoms with Gasteiger partial charge in [0.1, 0.15) is 0 Å². The minimum absolute atomic E-state index is 0.0223. The van der Waals surface area contributed by atoms with Gasteiger partial charge < -0.3 is 10.4 Å². The van der Waals surface area contributed by atoms with E-state index in [0.717, 1.165) is 0 Å². The molecular formula is C11H11N5O3. The van der Waals surface area contributed by atoms with Crippen molar-refractivity contribution in [3.63, 3.8) is 0 Å². The normalized spacial score (nSPS) is 10.1. The Kier molecular flexibility index (Phi) is 3.81. The molecule has 0 aliphatic rings. The number of rotatable bonds is 5. The van der Waals surface area contributed by atoms with E-state index < -0.39 is 5.97 Å². The molecule has 19 heavy (non-hydrogen) atoms. The monoisotopic (exact) mass is 261 g/mol. The van der Waals surface area contributed by atoms with Crippen LogP contribution in [-0.2, 0) is 11.3 Å². The Morgan fingerprint density at radius 3 is 2.89 bits per heavy atom. The predicted molar refractivity (Wildman–Crippen MR) is 64.5 cm³/mol. The Hall–Kier alpha value is -2.77. The van der Waals surface area contributed by atoms with E-state index in [-0.39, 0.29) is 17.9 Å². The molecule has 2 rings (SSSR count). The van der Waals surface area contributed by atoms with Crippen LogP contribution in [0.25, 0.3) is 0 Å². The number of aromatic carboxylic acids is 1. The summed E-state index contributed by atoms with van der Waals surface area (Å²) in [5.74, 6) is -1.34. The fourth-order valence-corrected chi connectivity index (χ4v) is 1.42. The summed E-state index contributed by atoms with van der Waals surface area (Å²) < 4.78 is 1.53. The SMILES string of the molecule is O=C(CCn1ccnn1)Nc1cncc(C(=O)O)c1. The van der Waals surface area contributed by atoms with E-state index in [1.165, 1.54) is 29.3 Å². The number of hydrogen-bond acceptors (Lipinski definition) is 5. The highest BCUT2D eigenvalue weighted by Gasteiger charge is 2.07. The van der Waals surface area contributed by atoms with Crippen LogP contribution in [0.1, 0.15) is 16.8 Å². The first kappa shape index (κ1) is 12.7. The van der Waals surface area contributed by atoms with E-state index in [1.54, 1.807) is 6.20 Å². The summed E-state index contributed by atoms with van der Waals surface area (Å²) in [6.45, 7) is 0.401. The van der Waals surface area contributed by atoms with Crippen molar-refractivity contribution < 1.29 is 14.7 Å². The van der Waals surface area contributed by atoms with Crippen LogP contribution in [-0.4, -0.2) is 37.0 Å². The summed E-state index contributed by atoms with van der Waals surface area (Å²) in [5.41, 5.74) is 0.373. The fourth-order valence-electron chi connectivity index (χ4n) is 1.42. The van der Waals surface area contributed by atoms with Crippen LogP contribution in [0.3, 0.4) is 0 Å². The molecule has 2 aromatic rings. The molecule has 2 heterocycles. The van der Waals surface area contributed by atoms with E-state index in [4.69, 9.17) is 5.11 Å². The Balaban J connectivity index is 1.91. The Morgan fingerprint density at radius 1 is 1.37 bits per heavy atom. The number of aromatic nitrogens is 4. The first-order chi connectivity index (χ1) is 9.15. The number of aryl methyl sites for hydroxylation is 1. The van der Waals surface area contributed by atoms with Crippen LogP contribution < -0.4 is 5.32 Å². The molecule has 0 aromatic carbocycles. The molecule has 1 amide bonds. The number of carbonyl (C=O) groups is 2. The quantitative estimate of drug-likeness (QED) is 0.806. The van der Waals surface area contributed by atoms with Gasteiger partial charge in [0, 0.05) is 18.8 Å². The Labute approximate surface area is 108 Å². The third kappa shape index (κ3) is 3.60. The number of amides is 1. The minimum Gasteiger partial charge on any atom is -0.478 e. The van der Waals surface area contributed by atoms with Crippen molar-refractivity contribution in [1.29, 1.82) is 0 Å². The fraction of sp³-hybridized carbons (Fsp3) is 0.182. The maximum absolute atomic E-state index is 11.6. The van der Waals surface area contributed by atoms with Gasteiger partial charge in [-0.3, -0.25) is 14.5 Å². The average Bonchev–Trinajstić information content (AvgIpc) is 2.90. The van der Waals surface area contributed by atoms with Gasteiger partial charge in [-0.15, -0.1) is 5.10 Å². The van der Waals surface area contributed by atoms with Crippen LogP contribution in [0.4, 0.5) is 5.69 Å². The van der Waals surface area contributed by atoms with E-state index in [9.17, 15) is 9.59 Å². The zero-order valence-corrected chi connectivity index (χ0v) is 9.85. The summed E-state index contributed by atoms with van der Waals surface area (Å²) in [6.07, 6.45) is 5.99. The maximum atomic E-state index is 11.6. The molecule has 0 saturated carbocycles. The highest BCUT2D eigenvalue weighted by molar-refractivity contribution is 5.93. The van der Waals surface area contributed by atoms with Gasteiger partial charge in [-0.25, -0.2) is 4.79 Å². The van der Waals surface area contributed by atoms with Crippen molar-refractivity contribution >= 4 is 17.6 Å². The number of carboxylic acid groups (broad SMARTS) is 1. The average molecular weight is 261 g/mol. The summed E-state index contributed by atoms with van der Waals surface area (Å²) in [6, 6.07) is 1.35. The van der Waals surface area contributed by atoms with E-state index in [2.05, 4.69) is 20.6 Å². The molecule has 8 heteroatoms. The van der Waals surface area contributed by atoms with Gasteiger partial charge in [-0.05, 0) is 6.07 Å².